The van der Waals surface area contributed by atoms with E-state index in [0.29, 0.717) is 29.9 Å². The van der Waals surface area contributed by atoms with Crippen molar-refractivity contribution >= 4 is 11.8 Å². The molecule has 0 aliphatic carbocycles. The number of benzene rings is 1. The average molecular weight is 352 g/mol. The van der Waals surface area contributed by atoms with E-state index < -0.39 is 6.04 Å². The highest BCUT2D eigenvalue weighted by atomic mass is 16.3. The van der Waals surface area contributed by atoms with Crippen molar-refractivity contribution in [3.63, 3.8) is 0 Å². The summed E-state index contributed by atoms with van der Waals surface area (Å²) in [6, 6.07) is 8.27. The summed E-state index contributed by atoms with van der Waals surface area (Å²) in [5.74, 6) is -0.0747. The van der Waals surface area contributed by atoms with Crippen molar-refractivity contribution in [2.75, 3.05) is 20.6 Å². The van der Waals surface area contributed by atoms with Gasteiger partial charge in [-0.15, -0.1) is 0 Å². The Labute approximate surface area is 151 Å². The minimum Gasteiger partial charge on any atom is -0.443 e. The van der Waals surface area contributed by atoms with Crippen molar-refractivity contribution in [3.8, 4) is 17.4 Å². The van der Waals surface area contributed by atoms with Crippen molar-refractivity contribution in [1.29, 1.82) is 5.26 Å². The summed E-state index contributed by atoms with van der Waals surface area (Å²) >= 11 is 0. The van der Waals surface area contributed by atoms with Crippen LogP contribution in [0.4, 0.5) is 0 Å². The first-order chi connectivity index (χ1) is 12.5. The molecule has 1 aliphatic heterocycles. The molecule has 7 heteroatoms. The molecular weight excluding hydrogens is 332 g/mol. The fraction of sp³-hybridized carbons (Fsp3) is 0.368. The van der Waals surface area contributed by atoms with Crippen LogP contribution in [0.2, 0.25) is 0 Å². The van der Waals surface area contributed by atoms with Gasteiger partial charge in [0.05, 0.1) is 11.6 Å². The minimum atomic E-state index is -0.500. The van der Waals surface area contributed by atoms with Gasteiger partial charge in [-0.3, -0.25) is 9.59 Å². The molecule has 1 atom stereocenters. The van der Waals surface area contributed by atoms with Gasteiger partial charge < -0.3 is 14.2 Å². The van der Waals surface area contributed by atoms with Gasteiger partial charge in [0.25, 0.3) is 5.91 Å². The van der Waals surface area contributed by atoms with Gasteiger partial charge in [-0.2, -0.15) is 5.26 Å². The Morgan fingerprint density at radius 3 is 2.77 bits per heavy atom. The Balaban J connectivity index is 1.87. The molecule has 3 rings (SSSR count). The first kappa shape index (κ1) is 17.7. The van der Waals surface area contributed by atoms with Crippen molar-refractivity contribution in [3.05, 3.63) is 41.9 Å². The standard InChI is InChI=1S/C19H20N4O3/c1-22-10-4-3-5-15(18(22)24)23(2)19(25)16-17(26-12-21-16)14-8-6-13(11-20)7-9-14/h6-9,12,15H,3-5,10H2,1-2H3. The largest absolute Gasteiger partial charge is 0.443 e. The van der Waals surface area contributed by atoms with Gasteiger partial charge >= 0.3 is 0 Å². The van der Waals surface area contributed by atoms with E-state index in [-0.39, 0.29) is 17.5 Å². The Hall–Kier alpha value is -3.14. The zero-order chi connectivity index (χ0) is 18.7. The number of nitriles is 1. The molecule has 1 aromatic heterocycles. The van der Waals surface area contributed by atoms with E-state index in [1.165, 1.54) is 11.3 Å². The Bertz CT molecular complexity index is 850. The molecule has 1 aliphatic rings. The van der Waals surface area contributed by atoms with Crippen molar-refractivity contribution in [2.45, 2.75) is 25.3 Å². The van der Waals surface area contributed by atoms with Crippen molar-refractivity contribution in [1.82, 2.24) is 14.8 Å². The number of likely N-dealkylation sites (tertiary alicyclic amines) is 1. The lowest BCUT2D eigenvalue weighted by Gasteiger charge is -2.28. The number of aromatic nitrogens is 1. The average Bonchev–Trinajstić information content (AvgIpc) is 3.09. The fourth-order valence-corrected chi connectivity index (χ4v) is 3.14. The highest BCUT2D eigenvalue weighted by Gasteiger charge is 2.33. The molecule has 2 amide bonds. The third kappa shape index (κ3) is 3.31. The number of rotatable bonds is 3. The van der Waals surface area contributed by atoms with Crippen LogP contribution in [0.3, 0.4) is 0 Å². The molecule has 2 aromatic rings. The molecule has 1 unspecified atom stereocenters. The molecule has 1 aromatic carbocycles. The van der Waals surface area contributed by atoms with E-state index in [4.69, 9.17) is 9.68 Å². The van der Waals surface area contributed by atoms with Crippen LogP contribution in [0.25, 0.3) is 11.3 Å². The van der Waals surface area contributed by atoms with Crippen molar-refractivity contribution in [2.24, 2.45) is 0 Å². The normalized spacial score (nSPS) is 17.5. The number of carbonyl (C=O) groups excluding carboxylic acids is 2. The molecule has 0 spiro atoms. The summed E-state index contributed by atoms with van der Waals surface area (Å²) in [6.45, 7) is 0.706. The second kappa shape index (κ2) is 7.40. The van der Waals surface area contributed by atoms with E-state index in [1.807, 2.05) is 6.07 Å². The fourth-order valence-electron chi connectivity index (χ4n) is 3.14. The highest BCUT2D eigenvalue weighted by Crippen LogP contribution is 2.26. The van der Waals surface area contributed by atoms with E-state index in [2.05, 4.69) is 4.98 Å². The molecule has 2 heterocycles. The minimum absolute atomic E-state index is 0.0539. The number of hydrogen-bond acceptors (Lipinski definition) is 5. The number of likely N-dealkylation sites (N-methyl/N-ethyl adjacent to an activating group) is 2. The molecule has 0 saturated carbocycles. The summed E-state index contributed by atoms with van der Waals surface area (Å²) in [4.78, 5) is 32.7. The second-order valence-corrected chi connectivity index (χ2v) is 6.41. The highest BCUT2D eigenvalue weighted by molar-refractivity contribution is 6.00. The van der Waals surface area contributed by atoms with Gasteiger partial charge in [0, 0.05) is 26.2 Å². The summed E-state index contributed by atoms with van der Waals surface area (Å²) < 4.78 is 5.42. The number of nitrogens with zero attached hydrogens (tertiary/aromatic N) is 4. The molecule has 0 bridgehead atoms. The third-order valence-corrected chi connectivity index (χ3v) is 4.72. The molecule has 0 N–H and O–H groups in total. The number of hydrogen-bond donors (Lipinski definition) is 0. The van der Waals surface area contributed by atoms with E-state index >= 15 is 0 Å². The smallest absolute Gasteiger partial charge is 0.276 e. The predicted molar refractivity (Wildman–Crippen MR) is 94.0 cm³/mol. The van der Waals surface area contributed by atoms with Gasteiger partial charge in [0.1, 0.15) is 6.04 Å². The number of carbonyl (C=O) groups is 2. The van der Waals surface area contributed by atoms with Gasteiger partial charge in [-0.25, -0.2) is 4.98 Å². The van der Waals surface area contributed by atoms with Gasteiger partial charge in [-0.05, 0) is 43.5 Å². The van der Waals surface area contributed by atoms with Crippen LogP contribution < -0.4 is 0 Å². The predicted octanol–water partition coefficient (Wildman–Crippen LogP) is 2.30. The zero-order valence-electron chi connectivity index (χ0n) is 14.8. The lowest BCUT2D eigenvalue weighted by molar-refractivity contribution is -0.133. The first-order valence-electron chi connectivity index (χ1n) is 8.49. The van der Waals surface area contributed by atoms with Crippen LogP contribution in [0.5, 0.6) is 0 Å². The summed E-state index contributed by atoms with van der Waals surface area (Å²) in [7, 11) is 3.39. The Morgan fingerprint density at radius 1 is 1.35 bits per heavy atom. The molecule has 134 valence electrons. The molecule has 26 heavy (non-hydrogen) atoms. The third-order valence-electron chi connectivity index (χ3n) is 4.72. The van der Waals surface area contributed by atoms with Crippen LogP contribution >= 0.6 is 0 Å². The summed E-state index contributed by atoms with van der Waals surface area (Å²) in [6.07, 6.45) is 3.67. The van der Waals surface area contributed by atoms with E-state index in [1.54, 1.807) is 43.3 Å². The quantitative estimate of drug-likeness (QED) is 0.845. The molecule has 7 nitrogen and oxygen atoms in total. The van der Waals surface area contributed by atoms with Crippen LogP contribution in [0, 0.1) is 11.3 Å². The van der Waals surface area contributed by atoms with Gasteiger partial charge in [0.2, 0.25) is 5.91 Å². The summed E-state index contributed by atoms with van der Waals surface area (Å²) in [5.41, 5.74) is 1.34. The summed E-state index contributed by atoms with van der Waals surface area (Å²) in [5, 5.41) is 8.91. The van der Waals surface area contributed by atoms with Gasteiger partial charge in [-0.1, -0.05) is 0 Å². The molecule has 1 saturated heterocycles. The lowest BCUT2D eigenvalue weighted by Crippen LogP contribution is -2.47. The SMILES string of the molecule is CN1CCCCC(N(C)C(=O)c2ncoc2-c2ccc(C#N)cc2)C1=O. The lowest BCUT2D eigenvalue weighted by atomic mass is 10.1. The van der Waals surface area contributed by atoms with Crippen LogP contribution in [-0.2, 0) is 4.79 Å². The Morgan fingerprint density at radius 2 is 2.08 bits per heavy atom. The molecule has 0 radical (unpaired) electrons. The van der Waals surface area contributed by atoms with Crippen molar-refractivity contribution < 1.29 is 14.0 Å². The maximum absolute atomic E-state index is 13.0. The van der Waals surface area contributed by atoms with Crippen LogP contribution in [0.1, 0.15) is 35.3 Å². The monoisotopic (exact) mass is 352 g/mol. The van der Waals surface area contributed by atoms with E-state index in [0.717, 1.165) is 12.8 Å². The number of amides is 2. The van der Waals surface area contributed by atoms with Gasteiger partial charge in [0.15, 0.2) is 17.8 Å². The topological polar surface area (TPSA) is 90.4 Å². The Kier molecular flexibility index (Phi) is 5.03. The zero-order valence-corrected chi connectivity index (χ0v) is 14.8. The van der Waals surface area contributed by atoms with Crippen LogP contribution in [-0.4, -0.2) is 53.3 Å². The molecule has 1 fully saturated rings. The molecular formula is C19H20N4O3. The maximum atomic E-state index is 13.0. The van der Waals surface area contributed by atoms with Crippen LogP contribution in [0.15, 0.2) is 35.1 Å². The second-order valence-electron chi connectivity index (χ2n) is 6.41. The first-order valence-corrected chi connectivity index (χ1v) is 8.49. The number of oxazole rings is 1. The van der Waals surface area contributed by atoms with E-state index in [9.17, 15) is 9.59 Å². The maximum Gasteiger partial charge on any atom is 0.276 e.